The molecule has 1 atom stereocenters. The molecule has 0 saturated carbocycles. The maximum Gasteiger partial charge on any atom is 0.240 e. The van der Waals surface area contributed by atoms with Crippen LogP contribution in [0, 0.1) is 5.41 Å². The molecule has 0 aromatic heterocycles. The highest BCUT2D eigenvalue weighted by Gasteiger charge is 2.21. The molecule has 0 aromatic carbocycles. The molecule has 4 heteroatoms. The zero-order chi connectivity index (χ0) is 10.6. The molecule has 1 unspecified atom stereocenters. The summed E-state index contributed by atoms with van der Waals surface area (Å²) in [6, 6.07) is -0.498. The summed E-state index contributed by atoms with van der Waals surface area (Å²) in [7, 11) is 0. The molecular formula is C10H10N2O2. The second-order valence-corrected chi connectivity index (χ2v) is 3.62. The van der Waals surface area contributed by atoms with Crippen molar-refractivity contribution in [2.75, 3.05) is 0 Å². The third-order valence-electron chi connectivity index (χ3n) is 1.90. The Morgan fingerprint density at radius 2 is 2.07 bits per heavy atom. The minimum atomic E-state index is -0.498. The van der Waals surface area contributed by atoms with E-state index in [4.69, 9.17) is 0 Å². The van der Waals surface area contributed by atoms with Gasteiger partial charge in [-0.15, -0.1) is 0 Å². The van der Waals surface area contributed by atoms with E-state index < -0.39 is 6.04 Å². The van der Waals surface area contributed by atoms with Gasteiger partial charge in [0.2, 0.25) is 12.2 Å². The largest absolute Gasteiger partial charge is 0.240 e. The summed E-state index contributed by atoms with van der Waals surface area (Å²) in [6.45, 7) is 3.93. The van der Waals surface area contributed by atoms with Gasteiger partial charge in [-0.2, -0.15) is 9.98 Å². The summed E-state index contributed by atoms with van der Waals surface area (Å²) in [5.41, 5.74) is 0.265. The molecule has 72 valence electrons. The summed E-state index contributed by atoms with van der Waals surface area (Å²) in [4.78, 5) is 27.3. The van der Waals surface area contributed by atoms with Gasteiger partial charge >= 0.3 is 0 Å². The Hall–Kier alpha value is -1.76. The van der Waals surface area contributed by atoms with Crippen LogP contribution in [-0.2, 0) is 9.59 Å². The number of rotatable bonds is 2. The first-order chi connectivity index (χ1) is 6.59. The van der Waals surface area contributed by atoms with Crippen LogP contribution in [0.3, 0.4) is 0 Å². The van der Waals surface area contributed by atoms with Crippen molar-refractivity contribution < 1.29 is 9.59 Å². The van der Waals surface area contributed by atoms with E-state index in [9.17, 15) is 9.59 Å². The number of allylic oxidation sites excluding steroid dienone is 2. The van der Waals surface area contributed by atoms with Crippen LogP contribution in [0.15, 0.2) is 33.9 Å². The van der Waals surface area contributed by atoms with Crippen LogP contribution in [0.2, 0.25) is 0 Å². The first-order valence-corrected chi connectivity index (χ1v) is 4.16. The molecule has 0 aliphatic heterocycles. The predicted molar refractivity (Wildman–Crippen MR) is 51.0 cm³/mol. The lowest BCUT2D eigenvalue weighted by molar-refractivity contribution is 0.555. The molecule has 1 rings (SSSR count). The highest BCUT2D eigenvalue weighted by atomic mass is 16.1. The zero-order valence-electron chi connectivity index (χ0n) is 8.02. The minimum Gasteiger partial charge on any atom is -0.211 e. The van der Waals surface area contributed by atoms with Crippen LogP contribution in [-0.4, -0.2) is 18.2 Å². The number of isocyanates is 2. The molecule has 14 heavy (non-hydrogen) atoms. The molecule has 0 spiro atoms. The number of aliphatic imine (C=N–C) groups is 2. The van der Waals surface area contributed by atoms with Gasteiger partial charge in [-0.05, 0) is 6.08 Å². The van der Waals surface area contributed by atoms with Crippen molar-refractivity contribution in [3.8, 4) is 0 Å². The monoisotopic (exact) mass is 190 g/mol. The molecule has 0 heterocycles. The van der Waals surface area contributed by atoms with Crippen molar-refractivity contribution in [2.45, 2.75) is 19.9 Å². The highest BCUT2D eigenvalue weighted by molar-refractivity contribution is 5.44. The van der Waals surface area contributed by atoms with Crippen LogP contribution in [0.25, 0.3) is 0 Å². The topological polar surface area (TPSA) is 58.9 Å². The number of carbonyl (C=O) groups excluding carboxylic acids is 2. The van der Waals surface area contributed by atoms with Gasteiger partial charge in [-0.25, -0.2) is 9.59 Å². The molecule has 0 saturated heterocycles. The van der Waals surface area contributed by atoms with E-state index >= 15 is 0 Å². The second-order valence-electron chi connectivity index (χ2n) is 3.62. The van der Waals surface area contributed by atoms with E-state index in [-0.39, 0.29) is 5.41 Å². The Balaban J connectivity index is 3.08. The van der Waals surface area contributed by atoms with E-state index in [0.29, 0.717) is 5.70 Å². The van der Waals surface area contributed by atoms with E-state index in [1.807, 2.05) is 19.9 Å². The van der Waals surface area contributed by atoms with Gasteiger partial charge in [-0.1, -0.05) is 26.0 Å². The summed E-state index contributed by atoms with van der Waals surface area (Å²) in [5.74, 6) is 0. The van der Waals surface area contributed by atoms with Crippen LogP contribution >= 0.6 is 0 Å². The summed E-state index contributed by atoms with van der Waals surface area (Å²) in [5, 5.41) is 0. The smallest absolute Gasteiger partial charge is 0.211 e. The zero-order valence-corrected chi connectivity index (χ0v) is 8.02. The number of hydrogen-bond acceptors (Lipinski definition) is 4. The fourth-order valence-corrected chi connectivity index (χ4v) is 1.27. The van der Waals surface area contributed by atoms with Gasteiger partial charge < -0.3 is 0 Å². The van der Waals surface area contributed by atoms with Crippen LogP contribution in [0.5, 0.6) is 0 Å². The van der Waals surface area contributed by atoms with E-state index in [1.165, 1.54) is 12.2 Å². The van der Waals surface area contributed by atoms with Crippen LogP contribution in [0.4, 0.5) is 0 Å². The number of nitrogens with zero attached hydrogens (tertiary/aromatic N) is 2. The first-order valence-electron chi connectivity index (χ1n) is 4.16. The van der Waals surface area contributed by atoms with Gasteiger partial charge in [-0.3, -0.25) is 0 Å². The van der Waals surface area contributed by atoms with Gasteiger partial charge in [0.15, 0.2) is 0 Å². The van der Waals surface area contributed by atoms with Crippen LogP contribution < -0.4 is 0 Å². The van der Waals surface area contributed by atoms with Crippen molar-refractivity contribution in [3.05, 3.63) is 23.9 Å². The van der Waals surface area contributed by atoms with Gasteiger partial charge in [0, 0.05) is 5.41 Å². The predicted octanol–water partition coefficient (Wildman–Crippen LogP) is 1.51. The lowest BCUT2D eigenvalue weighted by atomic mass is 9.86. The van der Waals surface area contributed by atoms with Gasteiger partial charge in [0.05, 0.1) is 5.70 Å². The molecule has 4 nitrogen and oxygen atoms in total. The SMILES string of the molecule is CC1(C)C=CC(N=C=O)C(N=C=O)=C1. The first kappa shape index (κ1) is 10.3. The van der Waals surface area contributed by atoms with Crippen molar-refractivity contribution >= 4 is 12.2 Å². The third-order valence-corrected chi connectivity index (χ3v) is 1.90. The molecule has 1 aliphatic carbocycles. The molecule has 0 bridgehead atoms. The summed E-state index contributed by atoms with van der Waals surface area (Å²) in [6.07, 6.45) is 8.30. The average Bonchev–Trinajstić information content (AvgIpc) is 2.10. The van der Waals surface area contributed by atoms with Gasteiger partial charge in [0.25, 0.3) is 0 Å². The van der Waals surface area contributed by atoms with Crippen molar-refractivity contribution in [2.24, 2.45) is 15.4 Å². The molecule has 0 fully saturated rings. The maximum absolute atomic E-state index is 10.1. The molecule has 0 amide bonds. The summed E-state index contributed by atoms with van der Waals surface area (Å²) >= 11 is 0. The Bertz CT molecular complexity index is 381. The van der Waals surface area contributed by atoms with Gasteiger partial charge in [0.1, 0.15) is 6.04 Å². The quantitative estimate of drug-likeness (QED) is 0.376. The fraction of sp³-hybridized carbons (Fsp3) is 0.400. The van der Waals surface area contributed by atoms with Crippen LogP contribution in [0.1, 0.15) is 13.8 Å². The normalized spacial score (nSPS) is 23.0. The minimum absolute atomic E-state index is 0.176. The highest BCUT2D eigenvalue weighted by Crippen LogP contribution is 2.29. The standard InChI is InChI=1S/C10H10N2O2/c1-10(2)4-3-8(11-6-13)9(5-10)12-7-14/h3-5,8H,1-2H3. The average molecular weight is 190 g/mol. The Kier molecular flexibility index (Phi) is 2.92. The summed E-state index contributed by atoms with van der Waals surface area (Å²) < 4.78 is 0. The maximum atomic E-state index is 10.1. The Morgan fingerprint density at radius 1 is 1.36 bits per heavy atom. The third kappa shape index (κ3) is 2.36. The second kappa shape index (κ2) is 3.97. The molecule has 1 aliphatic rings. The lowest BCUT2D eigenvalue weighted by Gasteiger charge is -2.22. The van der Waals surface area contributed by atoms with Crippen molar-refractivity contribution in [1.29, 1.82) is 0 Å². The van der Waals surface area contributed by atoms with E-state index in [1.54, 1.807) is 12.2 Å². The number of hydrogen-bond donors (Lipinski definition) is 0. The van der Waals surface area contributed by atoms with Crippen molar-refractivity contribution in [3.63, 3.8) is 0 Å². The molecular weight excluding hydrogens is 180 g/mol. The van der Waals surface area contributed by atoms with E-state index in [0.717, 1.165) is 0 Å². The Labute approximate surface area is 81.8 Å². The molecule has 0 N–H and O–H groups in total. The fourth-order valence-electron chi connectivity index (χ4n) is 1.27. The molecule has 0 radical (unpaired) electrons. The lowest BCUT2D eigenvalue weighted by Crippen LogP contribution is -2.15. The van der Waals surface area contributed by atoms with E-state index in [2.05, 4.69) is 9.98 Å². The molecule has 0 aromatic rings. The van der Waals surface area contributed by atoms with Crippen molar-refractivity contribution in [1.82, 2.24) is 0 Å². The Morgan fingerprint density at radius 3 is 2.64 bits per heavy atom.